The second-order valence-electron chi connectivity index (χ2n) is 8.18. The Hall–Kier alpha value is -2.70. The number of aromatic nitrogens is 3. The van der Waals surface area contributed by atoms with Crippen LogP contribution in [0.25, 0.3) is 0 Å². The molecular weight excluding hydrogens is 344 g/mol. The van der Waals surface area contributed by atoms with Crippen LogP contribution in [0, 0.1) is 5.92 Å². The first-order valence-electron chi connectivity index (χ1n) is 9.29. The monoisotopic (exact) mass is 370 g/mol. The van der Waals surface area contributed by atoms with E-state index in [1.54, 1.807) is 34.0 Å². The number of aromatic amines is 1. The number of nitrogens with one attached hydrogen (secondary N) is 1. The number of nitrogens with zero attached hydrogens (tertiary/aromatic N) is 3. The zero-order valence-corrected chi connectivity index (χ0v) is 16.1. The van der Waals surface area contributed by atoms with Crippen molar-refractivity contribution in [3.8, 4) is 0 Å². The summed E-state index contributed by atoms with van der Waals surface area (Å²) in [7, 11) is 0. The van der Waals surface area contributed by atoms with E-state index < -0.39 is 0 Å². The van der Waals surface area contributed by atoms with Crippen molar-refractivity contribution in [1.82, 2.24) is 19.4 Å². The highest BCUT2D eigenvalue weighted by Gasteiger charge is 2.25. The van der Waals surface area contributed by atoms with E-state index in [1.165, 1.54) is 6.07 Å². The van der Waals surface area contributed by atoms with E-state index in [4.69, 9.17) is 0 Å². The SMILES string of the molecule is CC(C)(C)c1cc(=O)n(CC2CCN(C(=O)c3cccc(=O)[nH]3)CC2)cn1. The van der Waals surface area contributed by atoms with Crippen LogP contribution in [0.15, 0.2) is 40.2 Å². The normalized spacial score (nSPS) is 15.7. The van der Waals surface area contributed by atoms with Crippen LogP contribution in [-0.2, 0) is 12.0 Å². The summed E-state index contributed by atoms with van der Waals surface area (Å²) in [5.74, 6) is 0.170. The summed E-state index contributed by atoms with van der Waals surface area (Å²) in [6.45, 7) is 7.94. The first-order chi connectivity index (χ1) is 12.7. The molecule has 2 aromatic heterocycles. The fraction of sp³-hybridized carbons (Fsp3) is 0.500. The zero-order chi connectivity index (χ0) is 19.6. The maximum Gasteiger partial charge on any atom is 0.270 e. The molecule has 0 atom stereocenters. The summed E-state index contributed by atoms with van der Waals surface area (Å²) < 4.78 is 1.66. The smallest absolute Gasteiger partial charge is 0.270 e. The third-order valence-corrected chi connectivity index (χ3v) is 5.00. The second-order valence-corrected chi connectivity index (χ2v) is 8.18. The molecule has 0 bridgehead atoms. The summed E-state index contributed by atoms with van der Waals surface area (Å²) in [6.07, 6.45) is 3.27. The Morgan fingerprint density at radius 2 is 1.93 bits per heavy atom. The van der Waals surface area contributed by atoms with Gasteiger partial charge in [-0.25, -0.2) is 4.98 Å². The number of likely N-dealkylation sites (tertiary alicyclic amines) is 1. The van der Waals surface area contributed by atoms with Gasteiger partial charge in [0.25, 0.3) is 11.5 Å². The van der Waals surface area contributed by atoms with Gasteiger partial charge in [0.2, 0.25) is 5.56 Å². The average molecular weight is 370 g/mol. The van der Waals surface area contributed by atoms with Gasteiger partial charge < -0.3 is 9.88 Å². The predicted molar refractivity (Wildman–Crippen MR) is 103 cm³/mol. The number of carbonyl (C=O) groups excluding carboxylic acids is 1. The van der Waals surface area contributed by atoms with E-state index in [0.29, 0.717) is 31.2 Å². The Kier molecular flexibility index (Phi) is 5.30. The molecule has 0 aromatic carbocycles. The van der Waals surface area contributed by atoms with Gasteiger partial charge in [-0.15, -0.1) is 0 Å². The first-order valence-corrected chi connectivity index (χ1v) is 9.29. The molecule has 0 radical (unpaired) electrons. The van der Waals surface area contributed by atoms with Crippen LogP contribution in [0.5, 0.6) is 0 Å². The molecule has 2 aromatic rings. The van der Waals surface area contributed by atoms with Gasteiger partial charge in [0.15, 0.2) is 0 Å². The van der Waals surface area contributed by atoms with Gasteiger partial charge in [0.05, 0.1) is 12.0 Å². The molecule has 3 rings (SSSR count). The van der Waals surface area contributed by atoms with Gasteiger partial charge in [-0.3, -0.25) is 19.0 Å². The van der Waals surface area contributed by atoms with Crippen molar-refractivity contribution in [3.05, 3.63) is 62.7 Å². The van der Waals surface area contributed by atoms with Crippen molar-refractivity contribution >= 4 is 5.91 Å². The number of hydrogen-bond donors (Lipinski definition) is 1. The van der Waals surface area contributed by atoms with Crippen LogP contribution >= 0.6 is 0 Å². The van der Waals surface area contributed by atoms with Gasteiger partial charge in [-0.05, 0) is 24.8 Å². The number of piperidine rings is 1. The lowest BCUT2D eigenvalue weighted by atomic mass is 9.92. The second kappa shape index (κ2) is 7.50. The van der Waals surface area contributed by atoms with Crippen LogP contribution in [0.3, 0.4) is 0 Å². The largest absolute Gasteiger partial charge is 0.337 e. The van der Waals surface area contributed by atoms with Crippen LogP contribution in [0.4, 0.5) is 0 Å². The Balaban J connectivity index is 1.61. The van der Waals surface area contributed by atoms with Gasteiger partial charge in [-0.2, -0.15) is 0 Å². The molecule has 0 aliphatic carbocycles. The highest BCUT2D eigenvalue weighted by atomic mass is 16.2. The highest BCUT2D eigenvalue weighted by Crippen LogP contribution is 2.21. The molecule has 1 aliphatic rings. The molecule has 144 valence electrons. The first kappa shape index (κ1) is 19.1. The van der Waals surface area contributed by atoms with Crippen LogP contribution in [0.1, 0.15) is 49.8 Å². The average Bonchev–Trinajstić information content (AvgIpc) is 2.62. The van der Waals surface area contributed by atoms with E-state index in [2.05, 4.69) is 9.97 Å². The Morgan fingerprint density at radius 3 is 2.52 bits per heavy atom. The molecule has 1 fully saturated rings. The molecule has 0 unspecified atom stereocenters. The number of pyridine rings is 1. The van der Waals surface area contributed by atoms with Gasteiger partial charge in [-0.1, -0.05) is 26.8 Å². The topological polar surface area (TPSA) is 88.1 Å². The summed E-state index contributed by atoms with van der Waals surface area (Å²) in [4.78, 5) is 45.0. The van der Waals surface area contributed by atoms with Crippen molar-refractivity contribution in [2.24, 2.45) is 5.92 Å². The van der Waals surface area contributed by atoms with Crippen molar-refractivity contribution in [2.75, 3.05) is 13.1 Å². The number of carbonyl (C=O) groups is 1. The number of amides is 1. The predicted octanol–water partition coefficient (Wildman–Crippen LogP) is 1.78. The third kappa shape index (κ3) is 4.53. The fourth-order valence-corrected chi connectivity index (χ4v) is 3.31. The third-order valence-electron chi connectivity index (χ3n) is 5.00. The molecule has 0 saturated carbocycles. The van der Waals surface area contributed by atoms with Crippen LogP contribution in [-0.4, -0.2) is 38.4 Å². The molecule has 1 aliphatic heterocycles. The van der Waals surface area contributed by atoms with Gasteiger partial charge in [0.1, 0.15) is 5.69 Å². The minimum Gasteiger partial charge on any atom is -0.337 e. The Morgan fingerprint density at radius 1 is 1.22 bits per heavy atom. The molecule has 7 heteroatoms. The lowest BCUT2D eigenvalue weighted by molar-refractivity contribution is 0.0676. The van der Waals surface area contributed by atoms with Crippen molar-refractivity contribution < 1.29 is 4.79 Å². The lowest BCUT2D eigenvalue weighted by Gasteiger charge is -2.32. The fourth-order valence-electron chi connectivity index (χ4n) is 3.31. The van der Waals surface area contributed by atoms with Crippen molar-refractivity contribution in [1.29, 1.82) is 0 Å². The maximum atomic E-state index is 12.5. The standard InChI is InChI=1S/C20H26N4O3/c1-20(2,3)16-11-18(26)24(13-21-16)12-14-7-9-23(10-8-14)19(27)15-5-4-6-17(25)22-15/h4-6,11,13-14H,7-10,12H2,1-3H3,(H,22,25). The summed E-state index contributed by atoms with van der Waals surface area (Å²) >= 11 is 0. The molecule has 0 spiro atoms. The highest BCUT2D eigenvalue weighted by molar-refractivity contribution is 5.92. The molecule has 1 amide bonds. The molecule has 7 nitrogen and oxygen atoms in total. The minimum atomic E-state index is -0.277. The van der Waals surface area contributed by atoms with E-state index in [-0.39, 0.29) is 22.4 Å². The quantitative estimate of drug-likeness (QED) is 0.892. The van der Waals surface area contributed by atoms with Crippen molar-refractivity contribution in [3.63, 3.8) is 0 Å². The van der Waals surface area contributed by atoms with E-state index in [0.717, 1.165) is 18.5 Å². The molecule has 1 saturated heterocycles. The maximum absolute atomic E-state index is 12.5. The molecular formula is C20H26N4O3. The van der Waals surface area contributed by atoms with E-state index in [9.17, 15) is 14.4 Å². The van der Waals surface area contributed by atoms with Gasteiger partial charge >= 0.3 is 0 Å². The summed E-state index contributed by atoms with van der Waals surface area (Å²) in [6, 6.07) is 6.21. The number of rotatable bonds is 3. The van der Waals surface area contributed by atoms with E-state index in [1.807, 2.05) is 20.8 Å². The number of hydrogen-bond acceptors (Lipinski definition) is 4. The van der Waals surface area contributed by atoms with Crippen LogP contribution < -0.4 is 11.1 Å². The molecule has 27 heavy (non-hydrogen) atoms. The Bertz CT molecular complexity index is 931. The van der Waals surface area contributed by atoms with Gasteiger partial charge in [0, 0.05) is 37.2 Å². The van der Waals surface area contributed by atoms with Crippen LogP contribution in [0.2, 0.25) is 0 Å². The minimum absolute atomic E-state index is 0.0321. The zero-order valence-electron chi connectivity index (χ0n) is 16.1. The number of H-pyrrole nitrogens is 1. The van der Waals surface area contributed by atoms with Crippen molar-refractivity contribution in [2.45, 2.75) is 45.6 Å². The summed E-state index contributed by atoms with van der Waals surface area (Å²) in [5.41, 5.74) is 0.652. The Labute approximate surface area is 158 Å². The lowest BCUT2D eigenvalue weighted by Crippen LogP contribution is -2.40. The molecule has 3 heterocycles. The summed E-state index contributed by atoms with van der Waals surface area (Å²) in [5, 5.41) is 0. The molecule has 1 N–H and O–H groups in total. The van der Waals surface area contributed by atoms with E-state index >= 15 is 0 Å².